The molecule has 20 heavy (non-hydrogen) atoms. The maximum atomic E-state index is 10.8. The third kappa shape index (κ3) is 2.01. The van der Waals surface area contributed by atoms with Gasteiger partial charge in [-0.3, -0.25) is 10.1 Å². The standard InChI is InChI=1S/C13H8BrN3O3/c14-9-2-1-3-11-12(9)20-13(16-11)8-6-7(17(18)19)4-5-10(8)15/h1-6H,15H2. The van der Waals surface area contributed by atoms with Crippen LogP contribution in [0.25, 0.3) is 22.6 Å². The Hall–Kier alpha value is -2.41. The van der Waals surface area contributed by atoms with Crippen LogP contribution in [0.1, 0.15) is 0 Å². The molecule has 100 valence electrons. The van der Waals surface area contributed by atoms with Crippen molar-refractivity contribution in [3.8, 4) is 11.5 Å². The smallest absolute Gasteiger partial charge is 0.270 e. The average Bonchev–Trinajstić information content (AvgIpc) is 2.84. The number of halogens is 1. The number of hydrogen-bond donors (Lipinski definition) is 1. The molecule has 3 aromatic rings. The Morgan fingerprint density at radius 1 is 1.30 bits per heavy atom. The summed E-state index contributed by atoms with van der Waals surface area (Å²) in [6, 6.07) is 9.62. The van der Waals surface area contributed by atoms with Crippen molar-refractivity contribution < 1.29 is 9.34 Å². The molecule has 0 unspecified atom stereocenters. The summed E-state index contributed by atoms with van der Waals surface area (Å²) in [5.74, 6) is 0.258. The number of non-ortho nitro benzene ring substituents is 1. The maximum Gasteiger partial charge on any atom is 0.270 e. The molecule has 0 aliphatic rings. The number of nitrogen functional groups attached to an aromatic ring is 1. The lowest BCUT2D eigenvalue weighted by molar-refractivity contribution is -0.384. The van der Waals surface area contributed by atoms with Crippen LogP contribution in [0.5, 0.6) is 0 Å². The second-order valence-electron chi connectivity index (χ2n) is 4.14. The zero-order chi connectivity index (χ0) is 14.3. The third-order valence-corrected chi connectivity index (χ3v) is 3.47. The number of oxazole rings is 1. The molecule has 7 heteroatoms. The molecule has 0 fully saturated rings. The predicted molar refractivity (Wildman–Crippen MR) is 78.2 cm³/mol. The van der Waals surface area contributed by atoms with Crippen molar-refractivity contribution in [2.75, 3.05) is 5.73 Å². The molecular formula is C13H8BrN3O3. The monoisotopic (exact) mass is 333 g/mol. The Bertz CT molecular complexity index is 829. The van der Waals surface area contributed by atoms with Crippen LogP contribution in [0.4, 0.5) is 11.4 Å². The topological polar surface area (TPSA) is 95.2 Å². The highest BCUT2D eigenvalue weighted by Crippen LogP contribution is 2.33. The lowest BCUT2D eigenvalue weighted by Crippen LogP contribution is -1.93. The van der Waals surface area contributed by atoms with Crippen molar-refractivity contribution in [2.45, 2.75) is 0 Å². The van der Waals surface area contributed by atoms with Crippen LogP contribution in [-0.2, 0) is 0 Å². The molecule has 0 saturated heterocycles. The zero-order valence-electron chi connectivity index (χ0n) is 10.0. The van der Waals surface area contributed by atoms with Gasteiger partial charge in [0.05, 0.1) is 15.0 Å². The molecule has 1 heterocycles. The molecule has 3 rings (SSSR count). The van der Waals surface area contributed by atoms with Gasteiger partial charge < -0.3 is 10.2 Å². The lowest BCUT2D eigenvalue weighted by Gasteiger charge is -2.00. The van der Waals surface area contributed by atoms with Gasteiger partial charge in [-0.1, -0.05) is 6.07 Å². The predicted octanol–water partition coefficient (Wildman–Crippen LogP) is 3.75. The van der Waals surface area contributed by atoms with Gasteiger partial charge in [-0.25, -0.2) is 4.98 Å². The van der Waals surface area contributed by atoms with E-state index < -0.39 is 4.92 Å². The SMILES string of the molecule is Nc1ccc([N+](=O)[O-])cc1-c1nc2cccc(Br)c2o1. The van der Waals surface area contributed by atoms with Gasteiger partial charge in [-0.05, 0) is 34.1 Å². The second kappa shape index (κ2) is 4.61. The number of nitro groups is 1. The summed E-state index contributed by atoms with van der Waals surface area (Å²) in [6.45, 7) is 0. The summed E-state index contributed by atoms with van der Waals surface area (Å²) >= 11 is 3.37. The number of rotatable bonds is 2. The van der Waals surface area contributed by atoms with Crippen LogP contribution in [0.2, 0.25) is 0 Å². The number of hydrogen-bond acceptors (Lipinski definition) is 5. The first kappa shape index (κ1) is 12.6. The summed E-state index contributed by atoms with van der Waals surface area (Å²) < 4.78 is 6.40. The van der Waals surface area contributed by atoms with E-state index in [1.807, 2.05) is 12.1 Å². The fraction of sp³-hybridized carbons (Fsp3) is 0. The van der Waals surface area contributed by atoms with E-state index in [9.17, 15) is 10.1 Å². The minimum absolute atomic E-state index is 0.0597. The van der Waals surface area contributed by atoms with E-state index in [1.54, 1.807) is 6.07 Å². The van der Waals surface area contributed by atoms with Crippen molar-refractivity contribution in [3.05, 3.63) is 51.0 Å². The fourth-order valence-corrected chi connectivity index (χ4v) is 2.31. The van der Waals surface area contributed by atoms with Crippen LogP contribution >= 0.6 is 15.9 Å². The number of aromatic nitrogens is 1. The number of para-hydroxylation sites is 1. The van der Waals surface area contributed by atoms with Crippen molar-refractivity contribution in [3.63, 3.8) is 0 Å². The molecule has 2 aromatic carbocycles. The van der Waals surface area contributed by atoms with Crippen molar-refractivity contribution >= 4 is 38.4 Å². The molecule has 0 radical (unpaired) electrons. The van der Waals surface area contributed by atoms with Crippen LogP contribution in [0.15, 0.2) is 45.3 Å². The highest BCUT2D eigenvalue weighted by atomic mass is 79.9. The molecule has 0 saturated carbocycles. The number of fused-ring (bicyclic) bond motifs is 1. The Kier molecular flexibility index (Phi) is 2.90. The quantitative estimate of drug-likeness (QED) is 0.437. The minimum atomic E-state index is -0.485. The van der Waals surface area contributed by atoms with Gasteiger partial charge in [-0.15, -0.1) is 0 Å². The van der Waals surface area contributed by atoms with Crippen LogP contribution in [-0.4, -0.2) is 9.91 Å². The average molecular weight is 334 g/mol. The van der Waals surface area contributed by atoms with Crippen molar-refractivity contribution in [1.82, 2.24) is 4.98 Å². The molecule has 0 bridgehead atoms. The molecule has 6 nitrogen and oxygen atoms in total. The van der Waals surface area contributed by atoms with Crippen LogP contribution in [0, 0.1) is 10.1 Å². The lowest BCUT2D eigenvalue weighted by atomic mass is 10.1. The van der Waals surface area contributed by atoms with E-state index in [0.29, 0.717) is 22.4 Å². The third-order valence-electron chi connectivity index (χ3n) is 2.85. The van der Waals surface area contributed by atoms with Crippen LogP contribution in [0.3, 0.4) is 0 Å². The number of nitrogens with two attached hydrogens (primary N) is 1. The van der Waals surface area contributed by atoms with E-state index in [0.717, 1.165) is 4.47 Å². The maximum absolute atomic E-state index is 10.8. The zero-order valence-corrected chi connectivity index (χ0v) is 11.6. The first-order valence-electron chi connectivity index (χ1n) is 5.65. The summed E-state index contributed by atoms with van der Waals surface area (Å²) in [6.07, 6.45) is 0. The molecular weight excluding hydrogens is 326 g/mol. The van der Waals surface area contributed by atoms with Crippen molar-refractivity contribution in [2.24, 2.45) is 0 Å². The molecule has 2 N–H and O–H groups in total. The van der Waals surface area contributed by atoms with Gasteiger partial charge in [0.25, 0.3) is 5.69 Å². The Morgan fingerprint density at radius 2 is 2.10 bits per heavy atom. The Balaban J connectivity index is 2.22. The van der Waals surface area contributed by atoms with Gasteiger partial charge >= 0.3 is 0 Å². The molecule has 0 aliphatic heterocycles. The van der Waals surface area contributed by atoms with Gasteiger partial charge in [0.15, 0.2) is 5.58 Å². The number of anilines is 1. The Morgan fingerprint density at radius 3 is 2.80 bits per heavy atom. The number of benzene rings is 2. The summed E-state index contributed by atoms with van der Waals surface area (Å²) in [5.41, 5.74) is 7.80. The second-order valence-corrected chi connectivity index (χ2v) is 4.99. The van der Waals surface area contributed by atoms with Gasteiger partial charge in [0.2, 0.25) is 5.89 Å². The molecule has 0 amide bonds. The first-order chi connectivity index (χ1) is 9.56. The van der Waals surface area contributed by atoms with E-state index in [4.69, 9.17) is 10.2 Å². The minimum Gasteiger partial charge on any atom is -0.435 e. The van der Waals surface area contributed by atoms with Crippen molar-refractivity contribution in [1.29, 1.82) is 0 Å². The van der Waals surface area contributed by atoms with Crippen LogP contribution < -0.4 is 5.73 Å². The highest BCUT2D eigenvalue weighted by Gasteiger charge is 2.16. The molecule has 0 aliphatic carbocycles. The number of nitro benzene ring substituents is 1. The normalized spacial score (nSPS) is 10.8. The molecule has 1 aromatic heterocycles. The Labute approximate surface area is 121 Å². The van der Waals surface area contributed by atoms with Gasteiger partial charge in [0.1, 0.15) is 5.52 Å². The number of nitrogens with zero attached hydrogens (tertiary/aromatic N) is 2. The van der Waals surface area contributed by atoms with E-state index in [-0.39, 0.29) is 11.6 Å². The summed E-state index contributed by atoms with van der Waals surface area (Å²) in [4.78, 5) is 14.6. The molecule has 0 spiro atoms. The van der Waals surface area contributed by atoms with Gasteiger partial charge in [-0.2, -0.15) is 0 Å². The molecule has 0 atom stereocenters. The summed E-state index contributed by atoms with van der Waals surface area (Å²) in [7, 11) is 0. The van der Waals surface area contributed by atoms with E-state index in [2.05, 4.69) is 20.9 Å². The van der Waals surface area contributed by atoms with E-state index in [1.165, 1.54) is 18.2 Å². The highest BCUT2D eigenvalue weighted by molar-refractivity contribution is 9.10. The van der Waals surface area contributed by atoms with Gasteiger partial charge in [0, 0.05) is 17.8 Å². The van der Waals surface area contributed by atoms with E-state index >= 15 is 0 Å². The first-order valence-corrected chi connectivity index (χ1v) is 6.45. The largest absolute Gasteiger partial charge is 0.435 e. The fourth-order valence-electron chi connectivity index (χ4n) is 1.87. The summed E-state index contributed by atoms with van der Waals surface area (Å²) in [5, 5.41) is 10.8.